The number of rotatable bonds is 4. The Bertz CT molecular complexity index is 681. The minimum Gasteiger partial charge on any atom is -0.478 e. The van der Waals surface area contributed by atoms with Crippen LogP contribution in [0.1, 0.15) is 39.0 Å². The van der Waals surface area contributed by atoms with Crippen LogP contribution < -0.4 is 5.32 Å². The maximum Gasteiger partial charge on any atom is 0.335 e. The van der Waals surface area contributed by atoms with Crippen molar-refractivity contribution in [1.82, 2.24) is 10.2 Å². The van der Waals surface area contributed by atoms with Crippen molar-refractivity contribution < 1.29 is 14.7 Å². The molecule has 2 N–H and O–H groups in total. The third-order valence-corrected chi connectivity index (χ3v) is 2.96. The van der Waals surface area contributed by atoms with Crippen molar-refractivity contribution in [1.29, 1.82) is 0 Å². The molecular formula is C15H15N3O3. The second-order valence-electron chi connectivity index (χ2n) is 4.54. The summed E-state index contributed by atoms with van der Waals surface area (Å²) < 4.78 is 0. The normalized spacial score (nSPS) is 10.2. The van der Waals surface area contributed by atoms with Crippen LogP contribution in [-0.2, 0) is 6.42 Å². The lowest BCUT2D eigenvalue weighted by molar-refractivity contribution is 0.0696. The first-order valence-electron chi connectivity index (χ1n) is 6.49. The molecule has 108 valence electrons. The maximum absolute atomic E-state index is 12.3. The van der Waals surface area contributed by atoms with Gasteiger partial charge in [-0.2, -0.15) is 10.2 Å². The monoisotopic (exact) mass is 285 g/mol. The van der Waals surface area contributed by atoms with Crippen LogP contribution in [0.15, 0.2) is 30.3 Å². The molecule has 0 fully saturated rings. The molecule has 1 aromatic heterocycles. The van der Waals surface area contributed by atoms with Gasteiger partial charge in [0.25, 0.3) is 5.91 Å². The van der Waals surface area contributed by atoms with Crippen molar-refractivity contribution in [2.24, 2.45) is 0 Å². The summed E-state index contributed by atoms with van der Waals surface area (Å²) in [7, 11) is 0. The first-order valence-corrected chi connectivity index (χ1v) is 6.49. The number of benzene rings is 1. The van der Waals surface area contributed by atoms with Crippen molar-refractivity contribution in [2.45, 2.75) is 20.3 Å². The number of anilines is 1. The Labute approximate surface area is 121 Å². The molecule has 1 heterocycles. The Balaban J connectivity index is 2.21. The minimum absolute atomic E-state index is 0.170. The highest BCUT2D eigenvalue weighted by Gasteiger charge is 2.13. The smallest absolute Gasteiger partial charge is 0.335 e. The second kappa shape index (κ2) is 6.13. The molecule has 0 unspecified atom stereocenters. The fraction of sp³-hybridized carbons (Fsp3) is 0.200. The number of aryl methyl sites for hydroxylation is 2. The largest absolute Gasteiger partial charge is 0.478 e. The third kappa shape index (κ3) is 3.42. The van der Waals surface area contributed by atoms with E-state index in [1.54, 1.807) is 25.1 Å². The van der Waals surface area contributed by atoms with E-state index >= 15 is 0 Å². The Kier molecular flexibility index (Phi) is 4.27. The molecule has 6 heteroatoms. The molecule has 0 saturated carbocycles. The highest BCUT2D eigenvalue weighted by Crippen LogP contribution is 2.13. The molecular weight excluding hydrogens is 270 g/mol. The standard InChI is InChI=1S/C15H15N3O3/c1-3-13-12(8-9(2)17-18-13)14(19)16-11-6-4-10(5-7-11)15(20)21/h4-8H,3H2,1-2H3,(H,16,19)(H,20,21). The molecule has 0 aliphatic heterocycles. The Hall–Kier alpha value is -2.76. The number of aromatic carboxylic acids is 1. The van der Waals surface area contributed by atoms with Gasteiger partial charge in [-0.1, -0.05) is 6.92 Å². The van der Waals surface area contributed by atoms with Crippen LogP contribution in [0.25, 0.3) is 0 Å². The predicted octanol–water partition coefficient (Wildman–Crippen LogP) is 2.30. The van der Waals surface area contributed by atoms with Crippen molar-refractivity contribution in [3.63, 3.8) is 0 Å². The zero-order valence-electron chi connectivity index (χ0n) is 11.8. The summed E-state index contributed by atoms with van der Waals surface area (Å²) in [6.45, 7) is 3.67. The van der Waals surface area contributed by atoms with E-state index in [2.05, 4.69) is 15.5 Å². The van der Waals surface area contributed by atoms with E-state index < -0.39 is 5.97 Å². The third-order valence-electron chi connectivity index (χ3n) is 2.96. The zero-order valence-corrected chi connectivity index (χ0v) is 11.8. The fourth-order valence-corrected chi connectivity index (χ4v) is 1.87. The van der Waals surface area contributed by atoms with E-state index in [4.69, 9.17) is 5.11 Å². The van der Waals surface area contributed by atoms with E-state index in [-0.39, 0.29) is 11.5 Å². The molecule has 2 rings (SSSR count). The van der Waals surface area contributed by atoms with Crippen LogP contribution in [0.3, 0.4) is 0 Å². The van der Waals surface area contributed by atoms with Crippen LogP contribution in [-0.4, -0.2) is 27.2 Å². The van der Waals surface area contributed by atoms with Gasteiger partial charge in [-0.25, -0.2) is 4.79 Å². The molecule has 0 saturated heterocycles. The van der Waals surface area contributed by atoms with Crippen molar-refractivity contribution in [3.05, 3.63) is 52.8 Å². The van der Waals surface area contributed by atoms with Crippen LogP contribution >= 0.6 is 0 Å². The predicted molar refractivity (Wildman–Crippen MR) is 77.5 cm³/mol. The summed E-state index contributed by atoms with van der Waals surface area (Å²) >= 11 is 0. The van der Waals surface area contributed by atoms with Crippen molar-refractivity contribution >= 4 is 17.6 Å². The topological polar surface area (TPSA) is 92.2 Å². The van der Waals surface area contributed by atoms with Gasteiger partial charge < -0.3 is 10.4 Å². The maximum atomic E-state index is 12.3. The molecule has 0 aliphatic carbocycles. The molecule has 21 heavy (non-hydrogen) atoms. The van der Waals surface area contributed by atoms with Gasteiger partial charge in [0, 0.05) is 5.69 Å². The Morgan fingerprint density at radius 1 is 1.19 bits per heavy atom. The summed E-state index contributed by atoms with van der Waals surface area (Å²) in [6, 6.07) is 7.67. The van der Waals surface area contributed by atoms with Crippen LogP contribution in [0.2, 0.25) is 0 Å². The summed E-state index contributed by atoms with van der Waals surface area (Å²) in [5.41, 5.74) is 2.47. The number of carbonyl (C=O) groups is 2. The number of nitrogens with zero attached hydrogens (tertiary/aromatic N) is 2. The molecule has 0 bridgehead atoms. The van der Waals surface area contributed by atoms with E-state index in [9.17, 15) is 9.59 Å². The van der Waals surface area contributed by atoms with E-state index in [0.29, 0.717) is 29.1 Å². The number of aromatic nitrogens is 2. The van der Waals surface area contributed by atoms with Gasteiger partial charge in [-0.15, -0.1) is 0 Å². The highest BCUT2D eigenvalue weighted by molar-refractivity contribution is 6.05. The summed E-state index contributed by atoms with van der Waals surface area (Å²) in [5.74, 6) is -1.29. The molecule has 0 aliphatic rings. The molecule has 1 amide bonds. The van der Waals surface area contributed by atoms with Gasteiger partial charge in [0.05, 0.1) is 22.5 Å². The molecule has 6 nitrogen and oxygen atoms in total. The van der Waals surface area contributed by atoms with Crippen LogP contribution in [0.4, 0.5) is 5.69 Å². The van der Waals surface area contributed by atoms with Crippen LogP contribution in [0, 0.1) is 6.92 Å². The lowest BCUT2D eigenvalue weighted by Gasteiger charge is -2.08. The lowest BCUT2D eigenvalue weighted by atomic mass is 10.1. The van der Waals surface area contributed by atoms with Gasteiger partial charge in [-0.05, 0) is 43.7 Å². The molecule has 1 aromatic carbocycles. The number of carbonyl (C=O) groups excluding carboxylic acids is 1. The number of amides is 1. The van der Waals surface area contributed by atoms with E-state index in [0.717, 1.165) is 0 Å². The van der Waals surface area contributed by atoms with Gasteiger partial charge in [0.2, 0.25) is 0 Å². The number of carboxylic acids is 1. The average Bonchev–Trinajstić information content (AvgIpc) is 2.47. The summed E-state index contributed by atoms with van der Waals surface area (Å²) in [4.78, 5) is 23.0. The molecule has 0 atom stereocenters. The first-order chi connectivity index (χ1) is 10.0. The van der Waals surface area contributed by atoms with Crippen molar-refractivity contribution in [2.75, 3.05) is 5.32 Å². The molecule has 0 radical (unpaired) electrons. The summed E-state index contributed by atoms with van der Waals surface area (Å²) in [5, 5.41) is 19.5. The fourth-order valence-electron chi connectivity index (χ4n) is 1.87. The van der Waals surface area contributed by atoms with Gasteiger partial charge in [0.15, 0.2) is 0 Å². The number of hydrogen-bond donors (Lipinski definition) is 2. The molecule has 0 spiro atoms. The van der Waals surface area contributed by atoms with Gasteiger partial charge >= 0.3 is 5.97 Å². The quantitative estimate of drug-likeness (QED) is 0.899. The van der Waals surface area contributed by atoms with Gasteiger partial charge in [0.1, 0.15) is 0 Å². The minimum atomic E-state index is -1.00. The highest BCUT2D eigenvalue weighted by atomic mass is 16.4. The first kappa shape index (κ1) is 14.6. The van der Waals surface area contributed by atoms with E-state index in [1.165, 1.54) is 12.1 Å². The van der Waals surface area contributed by atoms with Gasteiger partial charge in [-0.3, -0.25) is 4.79 Å². The molecule has 2 aromatic rings. The average molecular weight is 285 g/mol. The Morgan fingerprint density at radius 3 is 2.43 bits per heavy atom. The SMILES string of the molecule is CCc1nnc(C)cc1C(=O)Nc1ccc(C(=O)O)cc1. The number of carboxylic acid groups (broad SMARTS) is 1. The van der Waals surface area contributed by atoms with Crippen molar-refractivity contribution in [3.8, 4) is 0 Å². The van der Waals surface area contributed by atoms with E-state index in [1.807, 2.05) is 6.92 Å². The number of nitrogens with one attached hydrogen (secondary N) is 1. The summed E-state index contributed by atoms with van der Waals surface area (Å²) in [6.07, 6.45) is 0.605. The lowest BCUT2D eigenvalue weighted by Crippen LogP contribution is -2.16. The second-order valence-corrected chi connectivity index (χ2v) is 4.54. The number of hydrogen-bond acceptors (Lipinski definition) is 4. The Morgan fingerprint density at radius 2 is 1.86 bits per heavy atom. The van der Waals surface area contributed by atoms with Crippen LogP contribution in [0.5, 0.6) is 0 Å². The zero-order chi connectivity index (χ0) is 15.4.